The van der Waals surface area contributed by atoms with Crippen molar-refractivity contribution >= 4 is 11.6 Å². The van der Waals surface area contributed by atoms with Crippen LogP contribution in [0.1, 0.15) is 38.2 Å². The zero-order chi connectivity index (χ0) is 14.4. The number of nitro benzene ring substituents is 1. The topological polar surface area (TPSA) is 64.7 Å². The first-order valence-corrected chi connectivity index (χ1v) is 7.12. The van der Waals surface area contributed by atoms with Crippen molar-refractivity contribution in [2.45, 2.75) is 32.6 Å². The Bertz CT molecular complexity index is 482. The molecular formula is C15H20N2O3. The third kappa shape index (κ3) is 3.79. The molecule has 1 heterocycles. The Morgan fingerprint density at radius 3 is 2.65 bits per heavy atom. The number of unbranched alkanes of at least 4 members (excludes halogenated alkanes) is 2. The molecule has 1 aliphatic rings. The Morgan fingerprint density at radius 1 is 1.35 bits per heavy atom. The van der Waals surface area contributed by atoms with Crippen molar-refractivity contribution in [2.75, 3.05) is 13.2 Å². The Morgan fingerprint density at radius 2 is 2.10 bits per heavy atom. The van der Waals surface area contributed by atoms with Crippen molar-refractivity contribution in [1.82, 2.24) is 0 Å². The second kappa shape index (κ2) is 7.03. The molecule has 108 valence electrons. The summed E-state index contributed by atoms with van der Waals surface area (Å²) < 4.78 is 5.69. The van der Waals surface area contributed by atoms with Crippen molar-refractivity contribution in [1.29, 1.82) is 0 Å². The zero-order valence-electron chi connectivity index (χ0n) is 11.7. The summed E-state index contributed by atoms with van der Waals surface area (Å²) in [6.45, 7) is 3.68. The summed E-state index contributed by atoms with van der Waals surface area (Å²) in [7, 11) is 0. The summed E-state index contributed by atoms with van der Waals surface area (Å²) in [6.07, 6.45) is 4.87. The average molecular weight is 276 g/mol. The molecule has 5 heteroatoms. The van der Waals surface area contributed by atoms with Crippen LogP contribution >= 0.6 is 0 Å². The average Bonchev–Trinajstić information content (AvgIpc) is 2.48. The third-order valence-electron chi connectivity index (χ3n) is 3.49. The smallest absolute Gasteiger partial charge is 0.269 e. The molecule has 1 aromatic carbocycles. The van der Waals surface area contributed by atoms with Crippen molar-refractivity contribution in [3.05, 3.63) is 39.9 Å². The number of rotatable bonds is 6. The number of nitrogens with zero attached hydrogens (tertiary/aromatic N) is 2. The third-order valence-corrected chi connectivity index (χ3v) is 3.49. The molecule has 0 saturated heterocycles. The van der Waals surface area contributed by atoms with Gasteiger partial charge in [-0.3, -0.25) is 15.1 Å². The van der Waals surface area contributed by atoms with Gasteiger partial charge in [0.05, 0.1) is 11.5 Å². The number of ether oxygens (including phenoxy) is 1. The van der Waals surface area contributed by atoms with Gasteiger partial charge in [-0.25, -0.2) is 0 Å². The second-order valence-corrected chi connectivity index (χ2v) is 5.12. The second-order valence-electron chi connectivity index (χ2n) is 5.12. The van der Waals surface area contributed by atoms with Crippen LogP contribution < -0.4 is 0 Å². The number of nitro groups is 1. The fourth-order valence-electron chi connectivity index (χ4n) is 2.27. The van der Waals surface area contributed by atoms with E-state index in [1.54, 1.807) is 12.1 Å². The summed E-state index contributed by atoms with van der Waals surface area (Å²) in [5.74, 6) is 1.11. The van der Waals surface area contributed by atoms with E-state index in [0.717, 1.165) is 18.5 Å². The lowest BCUT2D eigenvalue weighted by Gasteiger charge is -2.22. The molecule has 0 aliphatic carbocycles. The summed E-state index contributed by atoms with van der Waals surface area (Å²) in [4.78, 5) is 14.7. The molecule has 0 spiro atoms. The van der Waals surface area contributed by atoms with E-state index in [0.29, 0.717) is 18.4 Å². The maximum atomic E-state index is 10.6. The van der Waals surface area contributed by atoms with E-state index in [4.69, 9.17) is 4.74 Å². The van der Waals surface area contributed by atoms with Crippen molar-refractivity contribution in [3.63, 3.8) is 0 Å². The molecule has 0 N–H and O–H groups in total. The molecule has 0 bridgehead atoms. The first kappa shape index (κ1) is 14.5. The lowest BCUT2D eigenvalue weighted by molar-refractivity contribution is -0.384. The number of aliphatic imine (C=N–C) groups is 1. The van der Waals surface area contributed by atoms with Gasteiger partial charge in [0.2, 0.25) is 5.90 Å². The van der Waals surface area contributed by atoms with E-state index >= 15 is 0 Å². The summed E-state index contributed by atoms with van der Waals surface area (Å²) in [5, 5.41) is 10.6. The lowest BCUT2D eigenvalue weighted by Crippen LogP contribution is -2.23. The molecule has 5 nitrogen and oxygen atoms in total. The molecule has 0 saturated carbocycles. The molecule has 1 atom stereocenters. The molecule has 1 unspecified atom stereocenters. The largest absolute Gasteiger partial charge is 0.477 e. The van der Waals surface area contributed by atoms with Crippen LogP contribution in [0.2, 0.25) is 0 Å². The molecule has 20 heavy (non-hydrogen) atoms. The zero-order valence-corrected chi connectivity index (χ0v) is 11.7. The Labute approximate surface area is 118 Å². The molecule has 1 aromatic rings. The fourth-order valence-corrected chi connectivity index (χ4v) is 2.27. The van der Waals surface area contributed by atoms with Crippen LogP contribution in [0.4, 0.5) is 5.69 Å². The van der Waals surface area contributed by atoms with Crippen LogP contribution in [0.15, 0.2) is 29.3 Å². The van der Waals surface area contributed by atoms with Gasteiger partial charge in [-0.15, -0.1) is 0 Å². The summed E-state index contributed by atoms with van der Waals surface area (Å²) in [5.41, 5.74) is 0.894. The van der Waals surface area contributed by atoms with Crippen LogP contribution in [0.3, 0.4) is 0 Å². The van der Waals surface area contributed by atoms with E-state index in [1.807, 2.05) is 0 Å². The van der Waals surface area contributed by atoms with Crippen molar-refractivity contribution in [2.24, 2.45) is 10.9 Å². The van der Waals surface area contributed by atoms with Crippen LogP contribution in [-0.2, 0) is 4.74 Å². The van der Waals surface area contributed by atoms with Gasteiger partial charge in [-0.05, 0) is 18.6 Å². The highest BCUT2D eigenvalue weighted by Gasteiger charge is 2.18. The van der Waals surface area contributed by atoms with Crippen LogP contribution in [0.25, 0.3) is 0 Å². The summed E-state index contributed by atoms with van der Waals surface area (Å²) >= 11 is 0. The van der Waals surface area contributed by atoms with E-state index in [-0.39, 0.29) is 5.69 Å². The van der Waals surface area contributed by atoms with Crippen LogP contribution in [-0.4, -0.2) is 24.0 Å². The highest BCUT2D eigenvalue weighted by molar-refractivity contribution is 5.94. The molecular weight excluding hydrogens is 256 g/mol. The quantitative estimate of drug-likeness (QED) is 0.453. The van der Waals surface area contributed by atoms with Crippen LogP contribution in [0, 0.1) is 16.0 Å². The predicted octanol–water partition coefficient (Wildman–Crippen LogP) is 3.57. The van der Waals surface area contributed by atoms with E-state index in [1.165, 1.54) is 31.4 Å². The highest BCUT2D eigenvalue weighted by Crippen LogP contribution is 2.19. The predicted molar refractivity (Wildman–Crippen MR) is 78.1 cm³/mol. The van der Waals surface area contributed by atoms with E-state index in [9.17, 15) is 10.1 Å². The van der Waals surface area contributed by atoms with Gasteiger partial charge in [-0.1, -0.05) is 26.2 Å². The van der Waals surface area contributed by atoms with Gasteiger partial charge in [0.15, 0.2) is 0 Å². The lowest BCUT2D eigenvalue weighted by atomic mass is 10.0. The Kier molecular flexibility index (Phi) is 5.09. The molecule has 0 radical (unpaired) electrons. The number of benzene rings is 1. The molecule has 2 rings (SSSR count). The van der Waals surface area contributed by atoms with Gasteiger partial charge in [0, 0.05) is 30.2 Å². The standard InChI is InChI=1S/C15H20N2O3/c1-2-3-4-5-12-10-16-15(20-11-12)13-6-8-14(9-7-13)17(18)19/h6-9,12H,2-5,10-11H2,1H3. The monoisotopic (exact) mass is 276 g/mol. The Balaban J connectivity index is 1.92. The van der Waals surface area contributed by atoms with Gasteiger partial charge in [0.1, 0.15) is 0 Å². The van der Waals surface area contributed by atoms with Gasteiger partial charge < -0.3 is 4.74 Å². The molecule has 1 aliphatic heterocycles. The molecule has 0 amide bonds. The van der Waals surface area contributed by atoms with Gasteiger partial charge in [0.25, 0.3) is 5.69 Å². The normalized spacial score (nSPS) is 18.2. The maximum Gasteiger partial charge on any atom is 0.269 e. The van der Waals surface area contributed by atoms with Gasteiger partial charge in [-0.2, -0.15) is 0 Å². The maximum absolute atomic E-state index is 10.6. The van der Waals surface area contributed by atoms with E-state index in [2.05, 4.69) is 11.9 Å². The molecule has 0 aromatic heterocycles. The number of hydrogen-bond acceptors (Lipinski definition) is 4. The minimum Gasteiger partial charge on any atom is -0.477 e. The highest BCUT2D eigenvalue weighted by atomic mass is 16.6. The minimum absolute atomic E-state index is 0.0857. The Hall–Kier alpha value is -1.91. The first-order chi connectivity index (χ1) is 9.70. The van der Waals surface area contributed by atoms with E-state index < -0.39 is 4.92 Å². The number of hydrogen-bond donors (Lipinski definition) is 0. The van der Waals surface area contributed by atoms with Gasteiger partial charge >= 0.3 is 0 Å². The summed E-state index contributed by atoms with van der Waals surface area (Å²) in [6, 6.07) is 6.34. The SMILES string of the molecule is CCCCCC1CN=C(c2ccc([N+](=O)[O-])cc2)OC1. The van der Waals surface area contributed by atoms with Crippen molar-refractivity contribution in [3.8, 4) is 0 Å². The minimum atomic E-state index is -0.406. The van der Waals surface area contributed by atoms with Crippen LogP contribution in [0.5, 0.6) is 0 Å². The van der Waals surface area contributed by atoms with Crippen molar-refractivity contribution < 1.29 is 9.66 Å². The molecule has 0 fully saturated rings. The first-order valence-electron chi connectivity index (χ1n) is 7.12. The fraction of sp³-hybridized carbons (Fsp3) is 0.533. The number of non-ortho nitro benzene ring substituents is 1.